The first-order chi connectivity index (χ1) is 7.66. The van der Waals surface area contributed by atoms with Crippen LogP contribution in [0.5, 0.6) is 0 Å². The molecule has 16 heavy (non-hydrogen) atoms. The van der Waals surface area contributed by atoms with E-state index < -0.39 is 5.97 Å². The molecular weight excluding hydrogens is 202 g/mol. The molecule has 0 radical (unpaired) electrons. The molecular formula is C13H17NO2. The van der Waals surface area contributed by atoms with Gasteiger partial charge in [0.05, 0.1) is 0 Å². The fraction of sp³-hybridized carbons (Fsp3) is 0.462. The monoisotopic (exact) mass is 219 g/mol. The highest BCUT2D eigenvalue weighted by Crippen LogP contribution is 2.27. The van der Waals surface area contributed by atoms with Gasteiger partial charge in [-0.2, -0.15) is 0 Å². The molecule has 1 aliphatic heterocycles. The number of nitrogens with one attached hydrogen (secondary N) is 1. The average Bonchev–Trinajstić information content (AvgIpc) is 2.30. The van der Waals surface area contributed by atoms with Crippen molar-refractivity contribution in [1.82, 2.24) is 5.32 Å². The number of carboxylic acid groups (broad SMARTS) is 1. The summed E-state index contributed by atoms with van der Waals surface area (Å²) in [4.78, 5) is 10.9. The van der Waals surface area contributed by atoms with E-state index in [-0.39, 0.29) is 6.04 Å². The van der Waals surface area contributed by atoms with E-state index in [0.29, 0.717) is 12.3 Å². The van der Waals surface area contributed by atoms with Gasteiger partial charge < -0.3 is 10.4 Å². The zero-order valence-corrected chi connectivity index (χ0v) is 9.44. The van der Waals surface area contributed by atoms with Gasteiger partial charge in [0.15, 0.2) is 0 Å². The van der Waals surface area contributed by atoms with Crippen LogP contribution in [0.3, 0.4) is 0 Å². The zero-order chi connectivity index (χ0) is 11.5. The van der Waals surface area contributed by atoms with Gasteiger partial charge >= 0.3 is 5.97 Å². The summed E-state index contributed by atoms with van der Waals surface area (Å²) in [7, 11) is 0. The van der Waals surface area contributed by atoms with E-state index in [9.17, 15) is 4.79 Å². The van der Waals surface area contributed by atoms with Crippen molar-refractivity contribution < 1.29 is 9.90 Å². The lowest BCUT2D eigenvalue weighted by atomic mass is 9.86. The molecule has 1 aromatic rings. The van der Waals surface area contributed by atoms with Gasteiger partial charge in [-0.1, -0.05) is 29.8 Å². The Bertz CT molecular complexity index is 372. The molecule has 0 amide bonds. The molecule has 2 atom stereocenters. The summed E-state index contributed by atoms with van der Waals surface area (Å²) in [6.07, 6.45) is 1.71. The molecule has 0 saturated carbocycles. The van der Waals surface area contributed by atoms with Gasteiger partial charge in [0, 0.05) is 0 Å². The molecule has 1 fully saturated rings. The van der Waals surface area contributed by atoms with E-state index in [2.05, 4.69) is 36.5 Å². The first-order valence-electron chi connectivity index (χ1n) is 5.69. The molecule has 1 heterocycles. The number of carboxylic acids is 1. The molecule has 86 valence electrons. The topological polar surface area (TPSA) is 49.3 Å². The molecule has 1 aliphatic rings. The summed E-state index contributed by atoms with van der Waals surface area (Å²) in [5.74, 6) is -0.361. The maximum absolute atomic E-state index is 10.9. The Kier molecular flexibility index (Phi) is 3.25. The van der Waals surface area contributed by atoms with Crippen molar-refractivity contribution in [2.75, 3.05) is 6.54 Å². The second-order valence-corrected chi connectivity index (χ2v) is 4.48. The standard InChI is InChI=1S/C13H17NO2/c1-9-2-4-10(5-3-9)11-6-7-14-12(8-11)13(15)16/h2-5,11-12,14H,6-8H2,1H3,(H,15,16). The van der Waals surface area contributed by atoms with Crippen LogP contribution < -0.4 is 5.32 Å². The van der Waals surface area contributed by atoms with E-state index in [0.717, 1.165) is 13.0 Å². The van der Waals surface area contributed by atoms with Gasteiger partial charge in [-0.3, -0.25) is 4.79 Å². The Balaban J connectivity index is 2.09. The van der Waals surface area contributed by atoms with E-state index in [1.165, 1.54) is 11.1 Å². The largest absolute Gasteiger partial charge is 0.480 e. The number of hydrogen-bond donors (Lipinski definition) is 2. The van der Waals surface area contributed by atoms with Crippen LogP contribution in [0.2, 0.25) is 0 Å². The van der Waals surface area contributed by atoms with Crippen molar-refractivity contribution in [3.05, 3.63) is 35.4 Å². The minimum atomic E-state index is -0.739. The lowest BCUT2D eigenvalue weighted by Crippen LogP contribution is -2.42. The van der Waals surface area contributed by atoms with Gasteiger partial charge in [-0.15, -0.1) is 0 Å². The Morgan fingerprint density at radius 2 is 2.06 bits per heavy atom. The molecule has 3 heteroatoms. The Labute approximate surface area is 95.5 Å². The molecule has 1 aromatic carbocycles. The third kappa shape index (κ3) is 2.42. The van der Waals surface area contributed by atoms with Crippen molar-refractivity contribution in [3.63, 3.8) is 0 Å². The fourth-order valence-electron chi connectivity index (χ4n) is 2.25. The van der Waals surface area contributed by atoms with Crippen molar-refractivity contribution in [3.8, 4) is 0 Å². The van der Waals surface area contributed by atoms with Crippen LogP contribution in [-0.4, -0.2) is 23.7 Å². The van der Waals surface area contributed by atoms with Crippen molar-refractivity contribution in [1.29, 1.82) is 0 Å². The highest BCUT2D eigenvalue weighted by Gasteiger charge is 2.27. The summed E-state index contributed by atoms with van der Waals surface area (Å²) in [5.41, 5.74) is 2.51. The minimum Gasteiger partial charge on any atom is -0.480 e. The molecule has 2 N–H and O–H groups in total. The number of piperidine rings is 1. The van der Waals surface area contributed by atoms with Crippen molar-refractivity contribution >= 4 is 5.97 Å². The van der Waals surface area contributed by atoms with Gasteiger partial charge in [0.1, 0.15) is 6.04 Å². The highest BCUT2D eigenvalue weighted by molar-refractivity contribution is 5.73. The molecule has 1 saturated heterocycles. The third-order valence-electron chi connectivity index (χ3n) is 3.25. The van der Waals surface area contributed by atoms with Gasteiger partial charge in [0.25, 0.3) is 0 Å². The van der Waals surface area contributed by atoms with Gasteiger partial charge in [0.2, 0.25) is 0 Å². The second kappa shape index (κ2) is 4.66. The average molecular weight is 219 g/mol. The summed E-state index contributed by atoms with van der Waals surface area (Å²) in [6.45, 7) is 2.85. The van der Waals surface area contributed by atoms with Gasteiger partial charge in [-0.05, 0) is 37.8 Å². The Morgan fingerprint density at radius 3 is 2.69 bits per heavy atom. The van der Waals surface area contributed by atoms with E-state index in [4.69, 9.17) is 5.11 Å². The van der Waals surface area contributed by atoms with Crippen LogP contribution in [0.25, 0.3) is 0 Å². The first kappa shape index (κ1) is 11.1. The maximum Gasteiger partial charge on any atom is 0.320 e. The van der Waals surface area contributed by atoms with E-state index in [1.807, 2.05) is 0 Å². The van der Waals surface area contributed by atoms with E-state index >= 15 is 0 Å². The number of carbonyl (C=O) groups is 1. The van der Waals surface area contributed by atoms with Crippen molar-refractivity contribution in [2.45, 2.75) is 31.7 Å². The summed E-state index contributed by atoms with van der Waals surface area (Å²) in [5, 5.41) is 12.0. The molecule has 0 aliphatic carbocycles. The third-order valence-corrected chi connectivity index (χ3v) is 3.25. The normalized spacial score (nSPS) is 25.3. The summed E-state index contributed by atoms with van der Waals surface area (Å²) >= 11 is 0. The second-order valence-electron chi connectivity index (χ2n) is 4.48. The van der Waals surface area contributed by atoms with Crippen molar-refractivity contribution in [2.24, 2.45) is 0 Å². The molecule has 2 rings (SSSR count). The Morgan fingerprint density at radius 1 is 1.38 bits per heavy atom. The van der Waals surface area contributed by atoms with Crippen LogP contribution >= 0.6 is 0 Å². The smallest absolute Gasteiger partial charge is 0.320 e. The lowest BCUT2D eigenvalue weighted by Gasteiger charge is -2.28. The molecule has 0 spiro atoms. The lowest BCUT2D eigenvalue weighted by molar-refractivity contribution is -0.140. The summed E-state index contributed by atoms with van der Waals surface area (Å²) in [6, 6.07) is 8.02. The van der Waals surface area contributed by atoms with Crippen LogP contribution in [0, 0.1) is 6.92 Å². The number of benzene rings is 1. The predicted molar refractivity (Wildman–Crippen MR) is 62.6 cm³/mol. The maximum atomic E-state index is 10.9. The quantitative estimate of drug-likeness (QED) is 0.799. The predicted octanol–water partition coefficient (Wildman–Crippen LogP) is 1.92. The number of rotatable bonds is 2. The SMILES string of the molecule is Cc1ccc(C2CCNC(C(=O)O)C2)cc1. The fourth-order valence-corrected chi connectivity index (χ4v) is 2.25. The number of aryl methyl sites for hydroxylation is 1. The number of hydrogen-bond acceptors (Lipinski definition) is 2. The van der Waals surface area contributed by atoms with Crippen LogP contribution in [0.4, 0.5) is 0 Å². The Hall–Kier alpha value is -1.35. The molecule has 0 bridgehead atoms. The number of aliphatic carboxylic acids is 1. The van der Waals surface area contributed by atoms with E-state index in [1.54, 1.807) is 0 Å². The zero-order valence-electron chi connectivity index (χ0n) is 9.44. The van der Waals surface area contributed by atoms with Crippen LogP contribution in [-0.2, 0) is 4.79 Å². The van der Waals surface area contributed by atoms with Crippen LogP contribution in [0.15, 0.2) is 24.3 Å². The molecule has 2 unspecified atom stereocenters. The minimum absolute atomic E-state index is 0.378. The highest BCUT2D eigenvalue weighted by atomic mass is 16.4. The van der Waals surface area contributed by atoms with Gasteiger partial charge in [-0.25, -0.2) is 0 Å². The first-order valence-corrected chi connectivity index (χ1v) is 5.69. The molecule has 3 nitrogen and oxygen atoms in total. The molecule has 0 aromatic heterocycles. The summed E-state index contributed by atoms with van der Waals surface area (Å²) < 4.78 is 0. The van der Waals surface area contributed by atoms with Crippen LogP contribution in [0.1, 0.15) is 29.9 Å².